The second kappa shape index (κ2) is 56.6. The Morgan fingerprint density at radius 2 is 1.14 bits per heavy atom. The number of aliphatic hydroxyl groups is 2. The summed E-state index contributed by atoms with van der Waals surface area (Å²) in [6.45, 7) is 7.37. The molecule has 748 valence electrons. The number of hydrogen-bond acceptors (Lipinski definition) is 28. The molecule has 1 saturated heterocycles. The van der Waals surface area contributed by atoms with E-state index in [9.17, 15) is 96.8 Å². The molecule has 16 amide bonds. The zero-order chi connectivity index (χ0) is 101. The molecule has 3 heterocycles. The van der Waals surface area contributed by atoms with E-state index in [0.717, 1.165) is 18.7 Å². The number of benzene rings is 4. The predicted octanol–water partition coefficient (Wildman–Crippen LogP) is -2.05. The quantitative estimate of drug-likeness (QED) is 0.0196. The standard InChI is InChI=1S/C92H128N24O21S/c1-51(2)47-70-87(131)107-65(33-39-94)81(125)106-68(36-42-97)86(130)112-77(53(5)117)89(133)100-44-37-69(84(128)105-66(34-40-95)83(127)111-71(88(132)110-70)48-55-15-9-8-10-16-55)108-82(126)67(35-41-96)109-90(134)78(54(6)118)113-85(129)64(32-38-93)104-75(120)30-29-74(119)103-63(28-31-76(121)122)80(124)102-58-22-20-56(21-23-58)50-137-91(135)101-45-46-115(52(3)4)92(136)116-72-49-59(138-73-19-12-11-18-61(73)79(123)98-7)25-26-60(72)62(114-116)27-24-57-17-13-14-43-99-57/h8-27,43,49,51-54,63-71,77-78,117-118H,28-42,44-48,50,93-97H2,1-7H3,(H,98,123)(H,100,133)(H,101,135)(H,102,124)(H,103,119)(H,104,120)(H,105,128)(H,106,125)(H,107,131)(H,108,126)(H,109,134)(H,110,132)(H,111,127)(H,112,130)(H,113,129)(H,121,122)/b27-24+/t53-,54-,63+,64+,65+,66+,67+,68+,69+,70+,71-,77+,78+/m1/s1. The number of rotatable bonds is 43. The van der Waals surface area contributed by atoms with E-state index >= 15 is 0 Å². The number of nitrogens with zero attached hydrogens (tertiary/aromatic N) is 4. The van der Waals surface area contributed by atoms with Gasteiger partial charge in [0, 0.05) is 85.5 Å². The summed E-state index contributed by atoms with van der Waals surface area (Å²) >= 11 is 1.34. The topological polar surface area (TPSA) is 705 Å². The normalized spacial score (nSPS) is 18.4. The predicted molar refractivity (Wildman–Crippen MR) is 509 cm³/mol. The Hall–Kier alpha value is -13.9. The molecular formula is C92H128N24O21S. The van der Waals surface area contributed by atoms with Gasteiger partial charge >= 0.3 is 18.1 Å². The first-order chi connectivity index (χ1) is 65.9. The van der Waals surface area contributed by atoms with Gasteiger partial charge in [0.1, 0.15) is 73.1 Å². The third kappa shape index (κ3) is 35.3. The van der Waals surface area contributed by atoms with Crippen LogP contribution in [0.5, 0.6) is 0 Å². The van der Waals surface area contributed by atoms with E-state index in [1.54, 1.807) is 87.8 Å². The minimum absolute atomic E-state index is 0.00307. The van der Waals surface area contributed by atoms with Gasteiger partial charge in [-0.15, -0.1) is 0 Å². The van der Waals surface area contributed by atoms with Crippen LogP contribution in [0.15, 0.2) is 131 Å². The minimum Gasteiger partial charge on any atom is -0.481 e. The largest absolute Gasteiger partial charge is 0.481 e. The zero-order valence-corrected chi connectivity index (χ0v) is 78.8. The average Bonchev–Trinajstić information content (AvgIpc) is 1.62. The zero-order valence-electron chi connectivity index (χ0n) is 78.0. The van der Waals surface area contributed by atoms with Gasteiger partial charge in [0.2, 0.25) is 76.8 Å². The Morgan fingerprint density at radius 1 is 0.580 bits per heavy atom. The van der Waals surface area contributed by atoms with E-state index in [2.05, 4.69) is 84.7 Å². The number of carboxylic acid groups (broad SMARTS) is 1. The van der Waals surface area contributed by atoms with Crippen LogP contribution in [0.25, 0.3) is 23.1 Å². The molecule has 6 aromatic rings. The van der Waals surface area contributed by atoms with Gasteiger partial charge in [-0.25, -0.2) is 9.59 Å². The van der Waals surface area contributed by atoms with E-state index in [1.165, 1.54) is 45.6 Å². The second-order valence-electron chi connectivity index (χ2n) is 33.3. The van der Waals surface area contributed by atoms with Crippen LogP contribution in [0, 0.1) is 5.92 Å². The van der Waals surface area contributed by atoms with Crippen molar-refractivity contribution in [3.63, 3.8) is 0 Å². The van der Waals surface area contributed by atoms with Crippen LogP contribution < -0.4 is 108 Å². The fraction of sp³-hybridized carbons (Fsp3) is 0.467. The van der Waals surface area contributed by atoms with E-state index in [0.29, 0.717) is 43.9 Å². The van der Waals surface area contributed by atoms with Gasteiger partial charge in [0.15, 0.2) is 0 Å². The number of aliphatic hydroxyl groups excluding tert-OH is 2. The Labute approximate surface area is 801 Å². The number of carbonyl (C=O) groups is 17. The van der Waals surface area contributed by atoms with Crippen LogP contribution in [0.1, 0.15) is 145 Å². The first-order valence-electron chi connectivity index (χ1n) is 45.3. The van der Waals surface area contributed by atoms with Crippen LogP contribution in [-0.2, 0) is 84.9 Å². The second-order valence-corrected chi connectivity index (χ2v) is 34.5. The van der Waals surface area contributed by atoms with E-state index in [4.69, 9.17) is 38.5 Å². The summed E-state index contributed by atoms with van der Waals surface area (Å²) < 4.78 is 6.78. The third-order valence-electron chi connectivity index (χ3n) is 21.7. The molecule has 0 aliphatic carbocycles. The molecule has 7 rings (SSSR count). The molecule has 1 aliphatic heterocycles. The van der Waals surface area contributed by atoms with Crippen molar-refractivity contribution >= 4 is 141 Å². The number of anilines is 1. The molecule has 45 nitrogen and oxygen atoms in total. The maximum Gasteiger partial charge on any atom is 0.407 e. The SMILES string of the molecule is CNC(=O)c1ccccc1Sc1ccc2c(/C=C/c3ccccn3)nn(C(=O)N(CCNC(=O)OCc3ccc(NC(=O)[C@H](CCC(=O)O)NC(=O)CCC(=O)N[C@@H](CCN)C(=O)N[C@H](C(=O)N[C@@H](CCN)C(=O)N[C@H]4CCNC(=O)[C@H]([C@@H](C)O)NC(=O)[C@H](CCN)NC(=O)[C@H](CCN)NC(=O)[C@H](CC(C)C)NC(=O)[C@@H](Cc5ccccc5)NC(=O)[C@H](CCN)NC4=O)[C@@H](C)O)cc3)C(C)C)c2c1. The number of hydrogen-bond donors (Lipinski definition) is 23. The fourth-order valence-corrected chi connectivity index (χ4v) is 15.3. The highest BCUT2D eigenvalue weighted by atomic mass is 32.2. The number of aliphatic carboxylic acids is 1. The number of ether oxygens (including phenoxy) is 1. The molecule has 0 spiro atoms. The lowest BCUT2D eigenvalue weighted by Crippen LogP contribution is -2.62. The molecular weight excluding hydrogens is 1810 g/mol. The molecule has 4 aromatic carbocycles. The van der Waals surface area contributed by atoms with Crippen molar-refractivity contribution < 1.29 is 102 Å². The number of pyridine rings is 1. The Balaban J connectivity index is 0.971. The summed E-state index contributed by atoms with van der Waals surface area (Å²) in [4.78, 5) is 244. The van der Waals surface area contributed by atoms with Crippen molar-refractivity contribution in [1.82, 2.24) is 94.1 Å². The Morgan fingerprint density at radius 3 is 1.72 bits per heavy atom. The van der Waals surface area contributed by atoms with Crippen LogP contribution in [0.2, 0.25) is 0 Å². The first-order valence-corrected chi connectivity index (χ1v) is 46.2. The smallest absolute Gasteiger partial charge is 0.407 e. The Kier molecular flexibility index (Phi) is 45.6. The van der Waals surface area contributed by atoms with Crippen LogP contribution in [0.3, 0.4) is 0 Å². The van der Waals surface area contributed by atoms with Gasteiger partial charge in [-0.2, -0.15) is 9.78 Å². The number of carboxylic acids is 1. The molecule has 0 unspecified atom stereocenters. The van der Waals surface area contributed by atoms with Gasteiger partial charge in [0.25, 0.3) is 5.91 Å². The van der Waals surface area contributed by atoms with Gasteiger partial charge in [-0.3, -0.25) is 76.9 Å². The summed E-state index contributed by atoms with van der Waals surface area (Å²) in [5, 5.41) is 74.9. The molecule has 138 heavy (non-hydrogen) atoms. The van der Waals surface area contributed by atoms with E-state index in [1.807, 2.05) is 56.3 Å². The van der Waals surface area contributed by atoms with Crippen molar-refractivity contribution in [1.29, 1.82) is 0 Å². The van der Waals surface area contributed by atoms with Crippen molar-refractivity contribution in [2.45, 2.75) is 220 Å². The molecule has 0 radical (unpaired) electrons. The first kappa shape index (κ1) is 111. The van der Waals surface area contributed by atoms with Gasteiger partial charge in [-0.05, 0) is 196 Å². The lowest BCUT2D eigenvalue weighted by atomic mass is 10.00. The number of nitrogens with one attached hydrogen (secondary N) is 15. The molecule has 13 atom stereocenters. The van der Waals surface area contributed by atoms with Gasteiger partial charge in [-0.1, -0.05) is 86.3 Å². The summed E-state index contributed by atoms with van der Waals surface area (Å²) in [5.41, 5.74) is 32.9. The van der Waals surface area contributed by atoms with E-state index < -0.39 is 219 Å². The lowest BCUT2D eigenvalue weighted by molar-refractivity contribution is -0.138. The van der Waals surface area contributed by atoms with Crippen molar-refractivity contribution in [2.75, 3.05) is 64.7 Å². The van der Waals surface area contributed by atoms with Crippen LogP contribution in [0.4, 0.5) is 15.3 Å². The summed E-state index contributed by atoms with van der Waals surface area (Å²) in [6.07, 6.45) is -3.46. The number of carbonyl (C=O) groups excluding carboxylic acids is 16. The third-order valence-corrected chi connectivity index (χ3v) is 22.8. The van der Waals surface area contributed by atoms with Crippen molar-refractivity contribution in [3.8, 4) is 0 Å². The van der Waals surface area contributed by atoms with Crippen molar-refractivity contribution in [2.24, 2.45) is 34.6 Å². The number of alkyl carbamates (subject to hydrolysis) is 1. The molecule has 46 heteroatoms. The molecule has 0 saturated carbocycles. The summed E-state index contributed by atoms with van der Waals surface area (Å²) in [6, 6.07) is 14.1. The van der Waals surface area contributed by atoms with Gasteiger partial charge < -0.3 is 133 Å². The van der Waals surface area contributed by atoms with Crippen LogP contribution >= 0.6 is 11.8 Å². The average molecular weight is 1940 g/mol. The summed E-state index contributed by atoms with van der Waals surface area (Å²) in [5.74, 6) is -14.8. The van der Waals surface area contributed by atoms with E-state index in [-0.39, 0.29) is 114 Å². The fourth-order valence-electron chi connectivity index (χ4n) is 14.4. The molecule has 2 aromatic heterocycles. The maximum atomic E-state index is 14.8. The molecule has 1 fully saturated rings. The van der Waals surface area contributed by atoms with Gasteiger partial charge in [0.05, 0.1) is 34.7 Å². The summed E-state index contributed by atoms with van der Waals surface area (Å²) in [7, 11) is 1.55. The number of aromatic nitrogens is 3. The molecule has 28 N–H and O–H groups in total. The maximum absolute atomic E-state index is 14.8. The molecule has 0 bridgehead atoms. The van der Waals surface area contributed by atoms with Crippen LogP contribution in [-0.4, -0.2) is 280 Å². The minimum atomic E-state index is -1.93. The monoisotopic (exact) mass is 1940 g/mol. The number of amides is 16. The highest BCUT2D eigenvalue weighted by Crippen LogP contribution is 2.34. The number of fused-ring (bicyclic) bond motifs is 1. The number of nitrogens with two attached hydrogens (primary N) is 5. The Bertz CT molecular complexity index is 5210. The highest BCUT2D eigenvalue weighted by molar-refractivity contribution is 7.99. The highest BCUT2D eigenvalue weighted by Gasteiger charge is 2.39. The molecule has 1 aliphatic rings. The van der Waals surface area contributed by atoms with Crippen molar-refractivity contribution in [3.05, 3.63) is 150 Å². The lowest BCUT2D eigenvalue weighted by Gasteiger charge is -2.29.